The molecule has 0 fully saturated rings. The topological polar surface area (TPSA) is 0 Å². The van der Waals surface area contributed by atoms with Crippen molar-refractivity contribution in [3.05, 3.63) is 59.7 Å². The fourth-order valence-corrected chi connectivity index (χ4v) is 7.14. The Morgan fingerprint density at radius 1 is 0.607 bits per heavy atom. The van der Waals surface area contributed by atoms with Gasteiger partial charge in [0.25, 0.3) is 0 Å². The van der Waals surface area contributed by atoms with E-state index in [9.17, 15) is 0 Å². The van der Waals surface area contributed by atoms with Crippen LogP contribution < -0.4 is 0 Å². The highest BCUT2D eigenvalue weighted by Crippen LogP contribution is 2.48. The molecule has 0 saturated carbocycles. The van der Waals surface area contributed by atoms with E-state index in [1.807, 2.05) is 22.7 Å². The zero-order valence-electron chi connectivity index (χ0n) is 16.7. The Bertz CT molecular complexity index is 1180. The second-order valence-electron chi connectivity index (χ2n) is 7.77. The zero-order valence-corrected chi connectivity index (χ0v) is 18.3. The molecule has 0 atom stereocenters. The molecule has 0 bridgehead atoms. The lowest BCUT2D eigenvalue weighted by Gasteiger charge is -2.12. The van der Waals surface area contributed by atoms with Gasteiger partial charge in [-0.2, -0.15) is 0 Å². The Hall–Kier alpha value is -1.90. The first kappa shape index (κ1) is 18.1. The highest BCUT2D eigenvalue weighted by molar-refractivity contribution is 7.28. The van der Waals surface area contributed by atoms with Crippen LogP contribution in [0.4, 0.5) is 0 Å². The Morgan fingerprint density at radius 3 is 1.46 bits per heavy atom. The Balaban J connectivity index is 1.99. The lowest BCUT2D eigenvalue weighted by Crippen LogP contribution is -1.93. The normalized spacial score (nSPS) is 12.1. The molecule has 5 aromatic rings. The summed E-state index contributed by atoms with van der Waals surface area (Å²) in [7, 11) is 0. The van der Waals surface area contributed by atoms with Crippen molar-refractivity contribution in [3.63, 3.8) is 0 Å². The average molecular weight is 403 g/mol. The quantitative estimate of drug-likeness (QED) is 0.265. The van der Waals surface area contributed by atoms with E-state index in [0.29, 0.717) is 0 Å². The maximum absolute atomic E-state index is 2.34. The largest absolute Gasteiger partial charge is 0.135 e. The first-order chi connectivity index (χ1) is 13.8. The van der Waals surface area contributed by atoms with Gasteiger partial charge in [-0.05, 0) is 48.9 Å². The van der Waals surface area contributed by atoms with Crippen molar-refractivity contribution < 1.29 is 0 Å². The van der Waals surface area contributed by atoms with Crippen molar-refractivity contribution in [2.75, 3.05) is 0 Å². The molecule has 142 valence electrons. The molecule has 0 aliphatic heterocycles. The zero-order chi connectivity index (χ0) is 19.1. The number of hydrogen-bond acceptors (Lipinski definition) is 2. The van der Waals surface area contributed by atoms with Crippen molar-refractivity contribution in [1.82, 2.24) is 0 Å². The van der Waals surface area contributed by atoms with Crippen LogP contribution in [-0.4, -0.2) is 0 Å². The third-order valence-electron chi connectivity index (χ3n) is 5.90. The first-order valence-corrected chi connectivity index (χ1v) is 12.2. The predicted molar refractivity (Wildman–Crippen MR) is 129 cm³/mol. The Labute approximate surface area is 174 Å². The number of unbranched alkanes of at least 4 members (excludes halogenated alkanes) is 2. The van der Waals surface area contributed by atoms with E-state index in [1.165, 1.54) is 58.7 Å². The van der Waals surface area contributed by atoms with Crippen molar-refractivity contribution in [1.29, 1.82) is 0 Å². The van der Waals surface area contributed by atoms with Gasteiger partial charge in [-0.3, -0.25) is 0 Å². The number of thiophene rings is 2. The smallest absolute Gasteiger partial charge is 0.0397 e. The van der Waals surface area contributed by atoms with Gasteiger partial charge in [-0.1, -0.05) is 63.1 Å². The Morgan fingerprint density at radius 2 is 1.04 bits per heavy atom. The van der Waals surface area contributed by atoms with Crippen LogP contribution in [0, 0.1) is 0 Å². The minimum Gasteiger partial charge on any atom is -0.135 e. The van der Waals surface area contributed by atoms with Gasteiger partial charge in [0.05, 0.1) is 0 Å². The van der Waals surface area contributed by atoms with Crippen LogP contribution in [0.3, 0.4) is 0 Å². The fourth-order valence-electron chi connectivity index (χ4n) is 4.53. The highest BCUT2D eigenvalue weighted by atomic mass is 32.1. The second-order valence-corrected chi connectivity index (χ2v) is 9.87. The van der Waals surface area contributed by atoms with Crippen LogP contribution in [0.2, 0.25) is 0 Å². The summed E-state index contributed by atoms with van der Waals surface area (Å²) in [6, 6.07) is 18.1. The monoisotopic (exact) mass is 402 g/mol. The van der Waals surface area contributed by atoms with Gasteiger partial charge in [0.2, 0.25) is 0 Å². The van der Waals surface area contributed by atoms with Gasteiger partial charge in [-0.25, -0.2) is 0 Å². The van der Waals surface area contributed by atoms with E-state index in [0.717, 1.165) is 0 Å². The summed E-state index contributed by atoms with van der Waals surface area (Å²) >= 11 is 4.04. The molecule has 2 heterocycles. The maximum Gasteiger partial charge on any atom is 0.0397 e. The molecule has 0 aliphatic carbocycles. The molecular formula is C26H26S2. The van der Waals surface area contributed by atoms with Gasteiger partial charge in [-0.15, -0.1) is 22.7 Å². The SMILES string of the molecule is CCCCc1c2sc3ccccc3c2c(CCCC)c2sc3ccccc3c12. The van der Waals surface area contributed by atoms with Crippen LogP contribution >= 0.6 is 22.7 Å². The van der Waals surface area contributed by atoms with Crippen LogP contribution in [0.15, 0.2) is 48.5 Å². The van der Waals surface area contributed by atoms with Crippen molar-refractivity contribution >= 4 is 63.0 Å². The number of fused-ring (bicyclic) bond motifs is 6. The molecule has 2 heteroatoms. The van der Waals surface area contributed by atoms with Gasteiger partial charge in [0.1, 0.15) is 0 Å². The summed E-state index contributed by atoms with van der Waals surface area (Å²) < 4.78 is 5.98. The summed E-state index contributed by atoms with van der Waals surface area (Å²) in [4.78, 5) is 0. The molecule has 0 N–H and O–H groups in total. The lowest BCUT2D eigenvalue weighted by molar-refractivity contribution is 0.799. The molecular weight excluding hydrogens is 376 g/mol. The van der Waals surface area contributed by atoms with E-state index in [4.69, 9.17) is 0 Å². The third kappa shape index (κ3) is 2.77. The van der Waals surface area contributed by atoms with Gasteiger partial charge in [0, 0.05) is 40.3 Å². The molecule has 0 amide bonds. The Kier molecular flexibility index (Phi) is 4.86. The molecule has 0 radical (unpaired) electrons. The molecule has 28 heavy (non-hydrogen) atoms. The first-order valence-electron chi connectivity index (χ1n) is 10.6. The van der Waals surface area contributed by atoms with E-state index >= 15 is 0 Å². The van der Waals surface area contributed by atoms with Crippen LogP contribution in [0.1, 0.15) is 50.7 Å². The highest BCUT2D eigenvalue weighted by Gasteiger charge is 2.21. The maximum atomic E-state index is 2.34. The van der Waals surface area contributed by atoms with Gasteiger partial charge >= 0.3 is 0 Å². The van der Waals surface area contributed by atoms with Crippen LogP contribution in [0.25, 0.3) is 40.3 Å². The lowest BCUT2D eigenvalue weighted by atomic mass is 9.93. The van der Waals surface area contributed by atoms with Gasteiger partial charge in [0.15, 0.2) is 0 Å². The minimum atomic E-state index is 1.19. The van der Waals surface area contributed by atoms with E-state index in [1.54, 1.807) is 31.3 Å². The van der Waals surface area contributed by atoms with E-state index < -0.39 is 0 Å². The molecule has 0 saturated heterocycles. The summed E-state index contributed by atoms with van der Waals surface area (Å²) in [6.45, 7) is 4.61. The summed E-state index contributed by atoms with van der Waals surface area (Å²) in [6.07, 6.45) is 7.38. The summed E-state index contributed by atoms with van der Waals surface area (Å²) in [5.41, 5.74) is 3.21. The van der Waals surface area contributed by atoms with E-state index in [2.05, 4.69) is 62.4 Å². The summed E-state index contributed by atoms with van der Waals surface area (Å²) in [5.74, 6) is 0. The van der Waals surface area contributed by atoms with Crippen molar-refractivity contribution in [2.24, 2.45) is 0 Å². The number of hydrogen-bond donors (Lipinski definition) is 0. The number of aryl methyl sites for hydroxylation is 2. The fraction of sp³-hybridized carbons (Fsp3) is 0.308. The minimum absolute atomic E-state index is 1.19. The molecule has 0 aliphatic rings. The molecule has 0 unspecified atom stereocenters. The van der Waals surface area contributed by atoms with Crippen LogP contribution in [-0.2, 0) is 12.8 Å². The average Bonchev–Trinajstić information content (AvgIpc) is 3.30. The molecule has 3 aromatic carbocycles. The second kappa shape index (κ2) is 7.50. The molecule has 2 aromatic heterocycles. The van der Waals surface area contributed by atoms with Crippen molar-refractivity contribution in [2.45, 2.75) is 52.4 Å². The number of benzene rings is 3. The third-order valence-corrected chi connectivity index (χ3v) is 8.36. The molecule has 5 rings (SSSR count). The molecule has 0 nitrogen and oxygen atoms in total. The van der Waals surface area contributed by atoms with Crippen LogP contribution in [0.5, 0.6) is 0 Å². The van der Waals surface area contributed by atoms with Crippen molar-refractivity contribution in [3.8, 4) is 0 Å². The number of rotatable bonds is 6. The summed E-state index contributed by atoms with van der Waals surface area (Å²) in [5, 5.41) is 6.04. The standard InChI is InChI=1S/C26H26S2/c1-3-5-11-19-23-17-13-7-9-15-21(17)28-26(23)20(12-6-4-2)24-18-14-8-10-16-22(18)27-25(19)24/h7-10,13-16H,3-6,11-12H2,1-2H3. The predicted octanol–water partition coefficient (Wildman–Crippen LogP) is 9.11. The van der Waals surface area contributed by atoms with Gasteiger partial charge < -0.3 is 0 Å². The molecule has 0 spiro atoms. The van der Waals surface area contributed by atoms with E-state index in [-0.39, 0.29) is 0 Å².